The van der Waals surface area contributed by atoms with Gasteiger partial charge in [-0.3, -0.25) is 9.59 Å². The minimum Gasteiger partial charge on any atom is -0.356 e. The molecule has 0 spiro atoms. The fraction of sp³-hybridized carbons (Fsp3) is 0.538. The average molecular weight is 283 g/mol. The van der Waals surface area contributed by atoms with Crippen LogP contribution in [0.5, 0.6) is 0 Å². The van der Waals surface area contributed by atoms with E-state index in [1.165, 1.54) is 11.3 Å². The number of amides is 2. The molecule has 0 bridgehead atoms. The first-order chi connectivity index (χ1) is 9.09. The fourth-order valence-corrected chi connectivity index (χ4v) is 2.13. The molecule has 1 aromatic rings. The summed E-state index contributed by atoms with van der Waals surface area (Å²) in [5.74, 6) is -0.147. The second-order valence-corrected chi connectivity index (χ2v) is 5.30. The maximum absolute atomic E-state index is 11.6. The predicted octanol–water partition coefficient (Wildman–Crippen LogP) is 0.936. The normalized spacial score (nSPS) is 10.5. The zero-order valence-electron chi connectivity index (χ0n) is 11.4. The lowest BCUT2D eigenvalue weighted by Crippen LogP contribution is -2.31. The van der Waals surface area contributed by atoms with Crippen LogP contribution in [0.1, 0.15) is 23.2 Å². The number of carbonyl (C=O) groups is 2. The molecule has 1 heterocycles. The Morgan fingerprint density at radius 1 is 1.26 bits per heavy atom. The Morgan fingerprint density at radius 2 is 2.05 bits per heavy atom. The Hall–Kier alpha value is -1.40. The fourth-order valence-electron chi connectivity index (χ4n) is 1.50. The molecule has 1 rings (SSSR count). The van der Waals surface area contributed by atoms with Crippen molar-refractivity contribution in [3.63, 3.8) is 0 Å². The van der Waals surface area contributed by atoms with Crippen LogP contribution < -0.4 is 10.6 Å². The highest BCUT2D eigenvalue weighted by Crippen LogP contribution is 2.04. The van der Waals surface area contributed by atoms with E-state index in [-0.39, 0.29) is 11.8 Å². The third-order valence-electron chi connectivity index (χ3n) is 2.53. The molecule has 6 heteroatoms. The van der Waals surface area contributed by atoms with Crippen LogP contribution in [0.15, 0.2) is 16.8 Å². The van der Waals surface area contributed by atoms with Crippen LogP contribution in [0.3, 0.4) is 0 Å². The quantitative estimate of drug-likeness (QED) is 0.698. The Bertz CT molecular complexity index is 391. The molecule has 0 saturated heterocycles. The van der Waals surface area contributed by atoms with Crippen LogP contribution in [0.4, 0.5) is 0 Å². The van der Waals surface area contributed by atoms with Crippen molar-refractivity contribution in [2.24, 2.45) is 0 Å². The largest absolute Gasteiger partial charge is 0.356 e. The number of hydrogen-bond donors (Lipinski definition) is 2. The summed E-state index contributed by atoms with van der Waals surface area (Å²) in [6.45, 7) is 2.00. The molecule has 0 aromatic carbocycles. The number of thiophene rings is 1. The molecule has 0 aliphatic rings. The summed E-state index contributed by atoms with van der Waals surface area (Å²) in [6.07, 6.45) is 1.25. The average Bonchev–Trinajstić information content (AvgIpc) is 2.88. The minimum atomic E-state index is -0.123. The van der Waals surface area contributed by atoms with Crippen LogP contribution >= 0.6 is 11.3 Å². The first-order valence-corrected chi connectivity index (χ1v) is 7.25. The van der Waals surface area contributed by atoms with Crippen molar-refractivity contribution >= 4 is 23.2 Å². The topological polar surface area (TPSA) is 61.4 Å². The van der Waals surface area contributed by atoms with Gasteiger partial charge in [-0.25, -0.2) is 0 Å². The number of nitrogens with zero attached hydrogens (tertiary/aromatic N) is 1. The summed E-state index contributed by atoms with van der Waals surface area (Å²) in [4.78, 5) is 25.1. The van der Waals surface area contributed by atoms with Crippen molar-refractivity contribution in [3.05, 3.63) is 22.4 Å². The minimum absolute atomic E-state index is 0.0237. The monoisotopic (exact) mass is 283 g/mol. The molecule has 0 saturated carbocycles. The molecule has 1 aromatic heterocycles. The summed E-state index contributed by atoms with van der Waals surface area (Å²) < 4.78 is 0. The van der Waals surface area contributed by atoms with Crippen molar-refractivity contribution < 1.29 is 9.59 Å². The lowest BCUT2D eigenvalue weighted by Gasteiger charge is -2.10. The molecule has 0 aliphatic heterocycles. The van der Waals surface area contributed by atoms with E-state index in [1.54, 1.807) is 11.4 Å². The molecule has 19 heavy (non-hydrogen) atoms. The van der Waals surface area contributed by atoms with Crippen LogP contribution in [-0.2, 0) is 4.79 Å². The van der Waals surface area contributed by atoms with Crippen molar-refractivity contribution in [1.29, 1.82) is 0 Å². The highest BCUT2D eigenvalue weighted by Gasteiger charge is 2.06. The van der Waals surface area contributed by atoms with Gasteiger partial charge in [-0.1, -0.05) is 0 Å². The van der Waals surface area contributed by atoms with Gasteiger partial charge in [-0.2, -0.15) is 11.3 Å². The molecule has 0 fully saturated rings. The van der Waals surface area contributed by atoms with Crippen LogP contribution in [0.2, 0.25) is 0 Å². The van der Waals surface area contributed by atoms with E-state index < -0.39 is 0 Å². The van der Waals surface area contributed by atoms with Crippen molar-refractivity contribution in [3.8, 4) is 0 Å². The first-order valence-electron chi connectivity index (χ1n) is 6.31. The molecular weight excluding hydrogens is 262 g/mol. The molecule has 0 unspecified atom stereocenters. The first kappa shape index (κ1) is 15.7. The lowest BCUT2D eigenvalue weighted by molar-refractivity contribution is -0.120. The van der Waals surface area contributed by atoms with Gasteiger partial charge in [0, 0.05) is 30.5 Å². The SMILES string of the molecule is CN(C)CCCNC(=O)CCNC(=O)c1ccsc1. The van der Waals surface area contributed by atoms with Gasteiger partial charge in [0.25, 0.3) is 5.91 Å². The van der Waals surface area contributed by atoms with Gasteiger partial charge in [-0.15, -0.1) is 0 Å². The van der Waals surface area contributed by atoms with Gasteiger partial charge in [0.2, 0.25) is 5.91 Å². The Kier molecular flexibility index (Phi) is 7.14. The smallest absolute Gasteiger partial charge is 0.252 e. The summed E-state index contributed by atoms with van der Waals surface area (Å²) in [5, 5.41) is 9.20. The Morgan fingerprint density at radius 3 is 2.68 bits per heavy atom. The van der Waals surface area contributed by atoms with Gasteiger partial charge in [-0.05, 0) is 38.5 Å². The van der Waals surface area contributed by atoms with E-state index in [2.05, 4.69) is 15.5 Å². The second kappa shape index (κ2) is 8.66. The van der Waals surface area contributed by atoms with Gasteiger partial charge in [0.1, 0.15) is 0 Å². The van der Waals surface area contributed by atoms with Gasteiger partial charge in [0.05, 0.1) is 0 Å². The van der Waals surface area contributed by atoms with E-state index in [1.807, 2.05) is 19.5 Å². The number of nitrogens with one attached hydrogen (secondary N) is 2. The van der Waals surface area contributed by atoms with Crippen molar-refractivity contribution in [2.45, 2.75) is 12.8 Å². The molecule has 2 N–H and O–H groups in total. The highest BCUT2D eigenvalue weighted by molar-refractivity contribution is 7.08. The lowest BCUT2D eigenvalue weighted by atomic mass is 10.3. The molecule has 0 atom stereocenters. The van der Waals surface area contributed by atoms with E-state index in [4.69, 9.17) is 0 Å². The Labute approximate surface area is 118 Å². The molecule has 106 valence electrons. The van der Waals surface area contributed by atoms with E-state index in [0.29, 0.717) is 25.1 Å². The zero-order chi connectivity index (χ0) is 14.1. The van der Waals surface area contributed by atoms with E-state index >= 15 is 0 Å². The van der Waals surface area contributed by atoms with Crippen LogP contribution in [-0.4, -0.2) is 50.4 Å². The van der Waals surface area contributed by atoms with Gasteiger partial charge >= 0.3 is 0 Å². The summed E-state index contributed by atoms with van der Waals surface area (Å²) >= 11 is 1.48. The van der Waals surface area contributed by atoms with E-state index in [0.717, 1.165) is 13.0 Å². The van der Waals surface area contributed by atoms with Crippen molar-refractivity contribution in [1.82, 2.24) is 15.5 Å². The van der Waals surface area contributed by atoms with Gasteiger partial charge in [0.15, 0.2) is 0 Å². The third-order valence-corrected chi connectivity index (χ3v) is 3.21. The van der Waals surface area contributed by atoms with Crippen molar-refractivity contribution in [2.75, 3.05) is 33.7 Å². The van der Waals surface area contributed by atoms with Crippen LogP contribution in [0.25, 0.3) is 0 Å². The predicted molar refractivity (Wildman–Crippen MR) is 77.4 cm³/mol. The number of carbonyl (C=O) groups excluding carboxylic acids is 2. The second-order valence-electron chi connectivity index (χ2n) is 4.52. The molecule has 0 radical (unpaired) electrons. The maximum Gasteiger partial charge on any atom is 0.252 e. The third kappa shape index (κ3) is 6.93. The van der Waals surface area contributed by atoms with Gasteiger partial charge < -0.3 is 15.5 Å². The standard InChI is InChI=1S/C13H21N3O2S/c1-16(2)8-3-6-14-12(17)4-7-15-13(18)11-5-9-19-10-11/h5,9-10H,3-4,6-8H2,1-2H3,(H,14,17)(H,15,18). The summed E-state index contributed by atoms with van der Waals surface area (Å²) in [5.41, 5.74) is 0.649. The zero-order valence-corrected chi connectivity index (χ0v) is 12.3. The molecule has 2 amide bonds. The Balaban J connectivity index is 2.06. The van der Waals surface area contributed by atoms with Crippen LogP contribution in [0, 0.1) is 0 Å². The number of hydrogen-bond acceptors (Lipinski definition) is 4. The molecule has 5 nitrogen and oxygen atoms in total. The maximum atomic E-state index is 11.6. The molecule has 0 aliphatic carbocycles. The molecular formula is C13H21N3O2S. The van der Waals surface area contributed by atoms with E-state index in [9.17, 15) is 9.59 Å². The summed E-state index contributed by atoms with van der Waals surface area (Å²) in [7, 11) is 4.00. The highest BCUT2D eigenvalue weighted by atomic mass is 32.1. The summed E-state index contributed by atoms with van der Waals surface area (Å²) in [6, 6.07) is 1.77. The number of rotatable bonds is 8.